The van der Waals surface area contributed by atoms with Crippen molar-refractivity contribution in [2.75, 3.05) is 19.7 Å². The van der Waals surface area contributed by atoms with Crippen molar-refractivity contribution in [2.45, 2.75) is 59.9 Å². The Labute approximate surface area is 170 Å². The van der Waals surface area contributed by atoms with Gasteiger partial charge in [0.15, 0.2) is 0 Å². The van der Waals surface area contributed by atoms with E-state index in [1.165, 1.54) is 10.4 Å². The van der Waals surface area contributed by atoms with Crippen molar-refractivity contribution in [1.29, 1.82) is 0 Å². The van der Waals surface area contributed by atoms with E-state index in [-0.39, 0.29) is 29.9 Å². The number of nitrogens with zero attached hydrogens (tertiary/aromatic N) is 3. The molecular formula is C21H31N3O3S. The molecule has 2 aromatic heterocycles. The maximum Gasteiger partial charge on any atom is 0.262 e. The molecule has 0 saturated heterocycles. The van der Waals surface area contributed by atoms with E-state index in [0.717, 1.165) is 29.5 Å². The Bertz CT molecular complexity index is 910. The molecule has 1 amide bonds. The van der Waals surface area contributed by atoms with Crippen LogP contribution in [0.25, 0.3) is 10.2 Å². The van der Waals surface area contributed by atoms with Crippen LogP contribution in [0, 0.1) is 11.3 Å². The number of aliphatic hydroxyl groups excluding tert-OH is 1. The molecule has 28 heavy (non-hydrogen) atoms. The summed E-state index contributed by atoms with van der Waals surface area (Å²) in [7, 11) is 0. The monoisotopic (exact) mass is 405 g/mol. The Morgan fingerprint density at radius 3 is 2.82 bits per heavy atom. The maximum absolute atomic E-state index is 13.1. The highest BCUT2D eigenvalue weighted by atomic mass is 32.1. The van der Waals surface area contributed by atoms with Crippen LogP contribution in [0.3, 0.4) is 0 Å². The number of carbonyl (C=O) groups excluding carboxylic acids is 1. The van der Waals surface area contributed by atoms with Gasteiger partial charge in [0, 0.05) is 30.9 Å². The number of hydrogen-bond donors (Lipinski definition) is 1. The highest BCUT2D eigenvalue weighted by Gasteiger charge is 2.31. The predicted octanol–water partition coefficient (Wildman–Crippen LogP) is 2.84. The van der Waals surface area contributed by atoms with Crippen molar-refractivity contribution >= 4 is 27.5 Å². The number of aromatic nitrogens is 2. The van der Waals surface area contributed by atoms with E-state index in [1.54, 1.807) is 27.1 Å². The number of hydrogen-bond acceptors (Lipinski definition) is 5. The highest BCUT2D eigenvalue weighted by molar-refractivity contribution is 7.18. The molecule has 154 valence electrons. The molecule has 0 radical (unpaired) electrons. The Morgan fingerprint density at radius 1 is 1.43 bits per heavy atom. The van der Waals surface area contributed by atoms with Crippen LogP contribution in [0.2, 0.25) is 0 Å². The third-order valence-corrected chi connectivity index (χ3v) is 7.09. The van der Waals surface area contributed by atoms with Crippen molar-refractivity contribution in [3.8, 4) is 0 Å². The Morgan fingerprint density at radius 2 is 2.18 bits per heavy atom. The molecule has 1 aliphatic carbocycles. The molecule has 6 nitrogen and oxygen atoms in total. The summed E-state index contributed by atoms with van der Waals surface area (Å²) in [5.41, 5.74) is 1.41. The third kappa shape index (κ3) is 4.15. The summed E-state index contributed by atoms with van der Waals surface area (Å²) in [5, 5.41) is 9.82. The lowest BCUT2D eigenvalue weighted by atomic mass is 9.72. The van der Waals surface area contributed by atoms with Gasteiger partial charge < -0.3 is 10.0 Å². The van der Waals surface area contributed by atoms with Gasteiger partial charge in [-0.3, -0.25) is 14.2 Å². The van der Waals surface area contributed by atoms with Crippen LogP contribution in [-0.4, -0.2) is 45.2 Å². The molecule has 2 aromatic rings. The molecule has 1 aliphatic rings. The molecular weight excluding hydrogens is 374 g/mol. The van der Waals surface area contributed by atoms with Crippen molar-refractivity contribution < 1.29 is 9.90 Å². The highest BCUT2D eigenvalue weighted by Crippen LogP contribution is 2.41. The van der Waals surface area contributed by atoms with Crippen LogP contribution >= 0.6 is 11.3 Å². The zero-order chi connectivity index (χ0) is 20.5. The Hall–Kier alpha value is -1.73. The maximum atomic E-state index is 13.1. The van der Waals surface area contributed by atoms with Gasteiger partial charge in [-0.25, -0.2) is 4.98 Å². The molecule has 1 atom stereocenters. The molecule has 0 aromatic carbocycles. The van der Waals surface area contributed by atoms with Gasteiger partial charge in [0.1, 0.15) is 4.83 Å². The molecule has 0 fully saturated rings. The summed E-state index contributed by atoms with van der Waals surface area (Å²) in [4.78, 5) is 33.7. The second kappa shape index (κ2) is 8.33. The van der Waals surface area contributed by atoms with E-state index in [2.05, 4.69) is 25.8 Å². The molecule has 7 heteroatoms. The first-order chi connectivity index (χ1) is 13.3. The summed E-state index contributed by atoms with van der Waals surface area (Å²) >= 11 is 1.65. The lowest BCUT2D eigenvalue weighted by Crippen LogP contribution is -2.34. The topological polar surface area (TPSA) is 75.4 Å². The fourth-order valence-electron chi connectivity index (χ4n) is 4.05. The van der Waals surface area contributed by atoms with Crippen LogP contribution in [0.4, 0.5) is 0 Å². The standard InChI is InChI=1S/C21H31N3O3S/c1-5-23(10-11-25)17(26)8-9-24-13-22-19-18(20(24)27)15-7-6-14(21(2,3)4)12-16(15)28-19/h13-14,25H,5-12H2,1-4H3. The van der Waals surface area contributed by atoms with Crippen LogP contribution in [0.5, 0.6) is 0 Å². The van der Waals surface area contributed by atoms with Crippen LogP contribution in [0.15, 0.2) is 11.1 Å². The van der Waals surface area contributed by atoms with Crippen molar-refractivity contribution in [3.05, 3.63) is 27.1 Å². The number of rotatable bonds is 6. The molecule has 1 unspecified atom stereocenters. The van der Waals surface area contributed by atoms with E-state index < -0.39 is 0 Å². The van der Waals surface area contributed by atoms with Crippen LogP contribution < -0.4 is 5.56 Å². The Balaban J connectivity index is 1.83. The second-order valence-electron chi connectivity index (χ2n) is 8.68. The number of carbonyl (C=O) groups is 1. The number of amides is 1. The van der Waals surface area contributed by atoms with Crippen LogP contribution in [-0.2, 0) is 24.2 Å². The summed E-state index contributed by atoms with van der Waals surface area (Å²) in [6.45, 7) is 9.89. The van der Waals surface area contributed by atoms with Gasteiger partial charge in [-0.05, 0) is 43.1 Å². The minimum atomic E-state index is -0.0519. The van der Waals surface area contributed by atoms with Crippen LogP contribution in [0.1, 0.15) is 51.0 Å². The average Bonchev–Trinajstić information content (AvgIpc) is 3.03. The van der Waals surface area contributed by atoms with Gasteiger partial charge in [0.2, 0.25) is 5.91 Å². The lowest BCUT2D eigenvalue weighted by molar-refractivity contribution is -0.131. The fourth-order valence-corrected chi connectivity index (χ4v) is 5.31. The zero-order valence-electron chi connectivity index (χ0n) is 17.3. The number of fused-ring (bicyclic) bond motifs is 3. The van der Waals surface area contributed by atoms with Gasteiger partial charge in [0.25, 0.3) is 5.56 Å². The molecule has 0 aliphatic heterocycles. The zero-order valence-corrected chi connectivity index (χ0v) is 18.1. The molecule has 0 bridgehead atoms. The average molecular weight is 406 g/mol. The summed E-state index contributed by atoms with van der Waals surface area (Å²) < 4.78 is 1.57. The van der Waals surface area contributed by atoms with E-state index in [1.807, 2.05) is 6.92 Å². The Kier molecular flexibility index (Phi) is 6.25. The predicted molar refractivity (Wildman–Crippen MR) is 113 cm³/mol. The molecule has 0 saturated carbocycles. The van der Waals surface area contributed by atoms with Crippen molar-refractivity contribution in [2.24, 2.45) is 11.3 Å². The molecule has 0 spiro atoms. The first kappa shape index (κ1) is 21.0. The summed E-state index contributed by atoms with van der Waals surface area (Å²) in [6.07, 6.45) is 4.85. The first-order valence-electron chi connectivity index (χ1n) is 10.1. The van der Waals surface area contributed by atoms with Crippen molar-refractivity contribution in [3.63, 3.8) is 0 Å². The van der Waals surface area contributed by atoms with Gasteiger partial charge in [-0.15, -0.1) is 11.3 Å². The minimum Gasteiger partial charge on any atom is -0.395 e. The van der Waals surface area contributed by atoms with Gasteiger partial charge >= 0.3 is 0 Å². The van der Waals surface area contributed by atoms with E-state index in [9.17, 15) is 9.59 Å². The number of aliphatic hydroxyl groups is 1. The first-order valence-corrected chi connectivity index (χ1v) is 11.0. The van der Waals surface area contributed by atoms with Gasteiger partial charge in [-0.1, -0.05) is 20.8 Å². The van der Waals surface area contributed by atoms with E-state index in [4.69, 9.17) is 5.11 Å². The van der Waals surface area contributed by atoms with Gasteiger partial charge in [0.05, 0.1) is 18.3 Å². The normalized spacial score (nSPS) is 17.0. The largest absolute Gasteiger partial charge is 0.395 e. The van der Waals surface area contributed by atoms with Crippen molar-refractivity contribution in [1.82, 2.24) is 14.5 Å². The van der Waals surface area contributed by atoms with Gasteiger partial charge in [-0.2, -0.15) is 0 Å². The number of thiophene rings is 1. The number of aryl methyl sites for hydroxylation is 2. The second-order valence-corrected chi connectivity index (χ2v) is 9.76. The lowest BCUT2D eigenvalue weighted by Gasteiger charge is -2.33. The molecule has 3 rings (SSSR count). The van der Waals surface area contributed by atoms with E-state index >= 15 is 0 Å². The summed E-state index contributed by atoms with van der Waals surface area (Å²) in [6, 6.07) is 0. The number of likely N-dealkylation sites (N-methyl/N-ethyl adjacent to an activating group) is 1. The third-order valence-electron chi connectivity index (χ3n) is 5.93. The smallest absolute Gasteiger partial charge is 0.262 e. The SMILES string of the molecule is CCN(CCO)C(=O)CCn1cnc2sc3c(c2c1=O)CCC(C(C)(C)C)C3. The molecule has 2 heterocycles. The quantitative estimate of drug-likeness (QED) is 0.802. The minimum absolute atomic E-state index is 0.0327. The van der Waals surface area contributed by atoms with E-state index in [0.29, 0.717) is 25.6 Å². The fraction of sp³-hybridized carbons (Fsp3) is 0.667. The summed E-state index contributed by atoms with van der Waals surface area (Å²) in [5.74, 6) is 0.573. The molecule has 1 N–H and O–H groups in total.